The predicted octanol–water partition coefficient (Wildman–Crippen LogP) is 1.98. The van der Waals surface area contributed by atoms with Crippen LogP contribution in [0.2, 0.25) is 0 Å². The summed E-state index contributed by atoms with van der Waals surface area (Å²) in [6.45, 7) is 2.01. The molecule has 0 unspecified atom stereocenters. The SMILES string of the molecule is CN1Cc2ccc(NC(=O)C3CC3)cc2C1. The second-order valence-corrected chi connectivity index (χ2v) is 4.92. The van der Waals surface area contributed by atoms with Crippen molar-refractivity contribution in [3.05, 3.63) is 29.3 Å². The zero-order valence-corrected chi connectivity index (χ0v) is 9.49. The summed E-state index contributed by atoms with van der Waals surface area (Å²) < 4.78 is 0. The van der Waals surface area contributed by atoms with E-state index in [1.165, 1.54) is 11.1 Å². The summed E-state index contributed by atoms with van der Waals surface area (Å²) >= 11 is 0. The Hall–Kier alpha value is -1.35. The highest BCUT2D eigenvalue weighted by Gasteiger charge is 2.29. The van der Waals surface area contributed by atoms with Crippen molar-refractivity contribution in [2.45, 2.75) is 25.9 Å². The molecule has 3 rings (SSSR count). The molecule has 0 spiro atoms. The number of hydrogen-bond acceptors (Lipinski definition) is 2. The standard InChI is InChI=1S/C13H16N2O/c1-15-7-10-4-5-12(6-11(10)8-15)14-13(16)9-2-3-9/h4-6,9H,2-3,7-8H2,1H3,(H,14,16). The molecule has 1 heterocycles. The van der Waals surface area contributed by atoms with Crippen molar-refractivity contribution < 1.29 is 4.79 Å². The van der Waals surface area contributed by atoms with Crippen LogP contribution in [0.5, 0.6) is 0 Å². The summed E-state index contributed by atoms with van der Waals surface area (Å²) in [5.74, 6) is 0.460. The van der Waals surface area contributed by atoms with Gasteiger partial charge in [0.1, 0.15) is 0 Å². The fourth-order valence-corrected chi connectivity index (χ4v) is 2.23. The number of rotatable bonds is 2. The molecule has 0 saturated heterocycles. The molecule has 3 heteroatoms. The zero-order chi connectivity index (χ0) is 11.1. The topological polar surface area (TPSA) is 32.3 Å². The van der Waals surface area contributed by atoms with Gasteiger partial charge >= 0.3 is 0 Å². The first-order valence-corrected chi connectivity index (χ1v) is 5.83. The average Bonchev–Trinajstić information content (AvgIpc) is 3.01. The van der Waals surface area contributed by atoms with Crippen molar-refractivity contribution in [3.63, 3.8) is 0 Å². The molecule has 1 aliphatic carbocycles. The van der Waals surface area contributed by atoms with Gasteiger partial charge in [-0.25, -0.2) is 0 Å². The quantitative estimate of drug-likeness (QED) is 0.819. The lowest BCUT2D eigenvalue weighted by molar-refractivity contribution is -0.117. The van der Waals surface area contributed by atoms with Gasteiger partial charge in [-0.1, -0.05) is 6.07 Å². The number of carbonyl (C=O) groups is 1. The van der Waals surface area contributed by atoms with Crippen LogP contribution in [0.4, 0.5) is 5.69 Å². The number of anilines is 1. The van der Waals surface area contributed by atoms with Gasteiger partial charge in [-0.15, -0.1) is 0 Å². The van der Waals surface area contributed by atoms with Gasteiger partial charge in [0.2, 0.25) is 5.91 Å². The molecule has 0 atom stereocenters. The van der Waals surface area contributed by atoms with E-state index in [2.05, 4.69) is 29.4 Å². The molecule has 2 aliphatic rings. The molecule has 1 saturated carbocycles. The number of carbonyl (C=O) groups excluding carboxylic acids is 1. The minimum atomic E-state index is 0.186. The Labute approximate surface area is 95.4 Å². The number of amides is 1. The Morgan fingerprint density at radius 2 is 2.06 bits per heavy atom. The van der Waals surface area contributed by atoms with Gasteiger partial charge in [-0.05, 0) is 43.1 Å². The Morgan fingerprint density at radius 3 is 2.81 bits per heavy atom. The summed E-state index contributed by atoms with van der Waals surface area (Å²) in [7, 11) is 2.11. The maximum absolute atomic E-state index is 11.6. The number of hydrogen-bond donors (Lipinski definition) is 1. The first-order chi connectivity index (χ1) is 7.72. The van der Waals surface area contributed by atoms with E-state index in [-0.39, 0.29) is 11.8 Å². The molecule has 1 N–H and O–H groups in total. The summed E-state index contributed by atoms with van der Waals surface area (Å²) in [5.41, 5.74) is 3.67. The van der Waals surface area contributed by atoms with Crippen LogP contribution in [0, 0.1) is 5.92 Å². The molecule has 3 nitrogen and oxygen atoms in total. The van der Waals surface area contributed by atoms with Crippen LogP contribution < -0.4 is 5.32 Å². The van der Waals surface area contributed by atoms with Crippen molar-refractivity contribution in [3.8, 4) is 0 Å². The van der Waals surface area contributed by atoms with Crippen LogP contribution in [-0.4, -0.2) is 17.9 Å². The maximum Gasteiger partial charge on any atom is 0.227 e. The normalized spacial score (nSPS) is 19.6. The largest absolute Gasteiger partial charge is 0.326 e. The summed E-state index contributed by atoms with van der Waals surface area (Å²) in [6.07, 6.45) is 2.11. The lowest BCUT2D eigenvalue weighted by Gasteiger charge is -2.06. The van der Waals surface area contributed by atoms with Crippen molar-refractivity contribution in [2.75, 3.05) is 12.4 Å². The molecule has 0 bridgehead atoms. The van der Waals surface area contributed by atoms with Crippen LogP contribution >= 0.6 is 0 Å². The summed E-state index contributed by atoms with van der Waals surface area (Å²) in [6, 6.07) is 6.25. The molecule has 0 radical (unpaired) electrons. The maximum atomic E-state index is 11.6. The average molecular weight is 216 g/mol. The van der Waals surface area contributed by atoms with Gasteiger partial charge in [0.25, 0.3) is 0 Å². The zero-order valence-electron chi connectivity index (χ0n) is 9.49. The van der Waals surface area contributed by atoms with Crippen LogP contribution in [0.15, 0.2) is 18.2 Å². The van der Waals surface area contributed by atoms with Gasteiger partial charge in [-0.2, -0.15) is 0 Å². The van der Waals surface area contributed by atoms with Crippen LogP contribution in [0.1, 0.15) is 24.0 Å². The van der Waals surface area contributed by atoms with Crippen LogP contribution in [-0.2, 0) is 17.9 Å². The van der Waals surface area contributed by atoms with E-state index in [4.69, 9.17) is 0 Å². The molecular weight excluding hydrogens is 200 g/mol. The number of fused-ring (bicyclic) bond motifs is 1. The Kier molecular flexibility index (Phi) is 2.21. The Morgan fingerprint density at radius 1 is 1.31 bits per heavy atom. The monoisotopic (exact) mass is 216 g/mol. The van der Waals surface area contributed by atoms with E-state index < -0.39 is 0 Å². The minimum Gasteiger partial charge on any atom is -0.326 e. The van der Waals surface area contributed by atoms with Crippen molar-refractivity contribution >= 4 is 11.6 Å². The third-order valence-corrected chi connectivity index (χ3v) is 3.30. The van der Waals surface area contributed by atoms with E-state index in [0.29, 0.717) is 0 Å². The first-order valence-electron chi connectivity index (χ1n) is 5.83. The summed E-state index contributed by atoms with van der Waals surface area (Å²) in [4.78, 5) is 13.9. The second kappa shape index (κ2) is 3.59. The van der Waals surface area contributed by atoms with E-state index in [0.717, 1.165) is 31.6 Å². The molecule has 84 valence electrons. The fourth-order valence-electron chi connectivity index (χ4n) is 2.23. The predicted molar refractivity (Wildman–Crippen MR) is 63.0 cm³/mol. The number of nitrogens with zero attached hydrogens (tertiary/aromatic N) is 1. The highest BCUT2D eigenvalue weighted by molar-refractivity contribution is 5.94. The van der Waals surface area contributed by atoms with Gasteiger partial charge in [0, 0.05) is 24.7 Å². The highest BCUT2D eigenvalue weighted by atomic mass is 16.2. The minimum absolute atomic E-state index is 0.186. The lowest BCUT2D eigenvalue weighted by Crippen LogP contribution is -2.13. The van der Waals surface area contributed by atoms with Gasteiger partial charge in [0.05, 0.1) is 0 Å². The lowest BCUT2D eigenvalue weighted by atomic mass is 10.1. The van der Waals surface area contributed by atoms with E-state index in [1.807, 2.05) is 6.07 Å². The van der Waals surface area contributed by atoms with Crippen molar-refractivity contribution in [1.82, 2.24) is 4.90 Å². The molecule has 1 fully saturated rings. The first kappa shape index (κ1) is 9.85. The Balaban J connectivity index is 1.76. The van der Waals surface area contributed by atoms with Gasteiger partial charge in [-0.3, -0.25) is 9.69 Å². The second-order valence-electron chi connectivity index (χ2n) is 4.92. The van der Waals surface area contributed by atoms with E-state index in [9.17, 15) is 4.79 Å². The molecule has 0 aromatic heterocycles. The third kappa shape index (κ3) is 1.83. The molecule has 1 amide bonds. The third-order valence-electron chi connectivity index (χ3n) is 3.30. The Bertz CT molecular complexity index is 438. The molecule has 16 heavy (non-hydrogen) atoms. The molecular formula is C13H16N2O. The van der Waals surface area contributed by atoms with E-state index in [1.54, 1.807) is 0 Å². The smallest absolute Gasteiger partial charge is 0.227 e. The molecule has 1 aromatic rings. The molecule has 1 aliphatic heterocycles. The van der Waals surface area contributed by atoms with Crippen LogP contribution in [0.25, 0.3) is 0 Å². The number of benzene rings is 1. The van der Waals surface area contributed by atoms with Crippen molar-refractivity contribution in [1.29, 1.82) is 0 Å². The van der Waals surface area contributed by atoms with Crippen molar-refractivity contribution in [2.24, 2.45) is 5.92 Å². The van der Waals surface area contributed by atoms with E-state index >= 15 is 0 Å². The molecule has 1 aromatic carbocycles. The fraction of sp³-hybridized carbons (Fsp3) is 0.462. The van der Waals surface area contributed by atoms with Crippen LogP contribution in [0.3, 0.4) is 0 Å². The highest BCUT2D eigenvalue weighted by Crippen LogP contribution is 2.31. The summed E-state index contributed by atoms with van der Waals surface area (Å²) in [5, 5.41) is 2.99. The van der Waals surface area contributed by atoms with Gasteiger partial charge < -0.3 is 5.32 Å². The van der Waals surface area contributed by atoms with Gasteiger partial charge in [0.15, 0.2) is 0 Å². The number of nitrogens with one attached hydrogen (secondary N) is 1.